The van der Waals surface area contributed by atoms with Gasteiger partial charge in [0.05, 0.1) is 0 Å². The van der Waals surface area contributed by atoms with Gasteiger partial charge >= 0.3 is 5.97 Å². The second kappa shape index (κ2) is 5.59. The third-order valence-corrected chi connectivity index (χ3v) is 8.12. The van der Waals surface area contributed by atoms with Crippen LogP contribution in [-0.4, -0.2) is 12.1 Å². The van der Waals surface area contributed by atoms with Crippen molar-refractivity contribution in [3.63, 3.8) is 0 Å². The first-order chi connectivity index (χ1) is 11.7. The highest BCUT2D eigenvalue weighted by atomic mass is 16.5. The highest BCUT2D eigenvalue weighted by Crippen LogP contribution is 2.66. The van der Waals surface area contributed by atoms with Crippen LogP contribution >= 0.6 is 0 Å². The summed E-state index contributed by atoms with van der Waals surface area (Å²) < 4.78 is 5.53. The molecule has 4 aliphatic carbocycles. The maximum Gasteiger partial charge on any atom is 0.302 e. The molecule has 0 spiro atoms. The van der Waals surface area contributed by atoms with Crippen molar-refractivity contribution >= 4 is 5.97 Å². The molecule has 0 N–H and O–H groups in total. The van der Waals surface area contributed by atoms with Gasteiger partial charge in [-0.1, -0.05) is 44.2 Å². The molecule has 0 saturated heterocycles. The predicted molar refractivity (Wildman–Crippen MR) is 101 cm³/mol. The van der Waals surface area contributed by atoms with Gasteiger partial charge in [-0.15, -0.1) is 0 Å². The van der Waals surface area contributed by atoms with Crippen molar-refractivity contribution in [1.82, 2.24) is 0 Å². The minimum Gasteiger partial charge on any atom is -0.462 e. The zero-order chi connectivity index (χ0) is 18.0. The third kappa shape index (κ3) is 2.47. The lowest BCUT2D eigenvalue weighted by molar-refractivity contribution is -0.148. The molecule has 3 saturated carbocycles. The maximum atomic E-state index is 11.3. The fourth-order valence-corrected chi connectivity index (χ4v) is 6.95. The van der Waals surface area contributed by atoms with Gasteiger partial charge in [0.15, 0.2) is 0 Å². The largest absolute Gasteiger partial charge is 0.462 e. The molecule has 0 aromatic heterocycles. The molecule has 0 heterocycles. The summed E-state index contributed by atoms with van der Waals surface area (Å²) in [6.45, 7) is 15.2. The van der Waals surface area contributed by atoms with E-state index in [0.29, 0.717) is 17.3 Å². The zero-order valence-corrected chi connectivity index (χ0v) is 16.1. The fourth-order valence-electron chi connectivity index (χ4n) is 6.95. The van der Waals surface area contributed by atoms with Crippen molar-refractivity contribution in [3.05, 3.63) is 36.0 Å². The van der Waals surface area contributed by atoms with Crippen LogP contribution in [0, 0.1) is 28.6 Å². The molecule has 136 valence electrons. The molecule has 0 amide bonds. The van der Waals surface area contributed by atoms with E-state index in [1.165, 1.54) is 30.9 Å². The van der Waals surface area contributed by atoms with Crippen LogP contribution in [0.1, 0.15) is 65.7 Å². The maximum absolute atomic E-state index is 11.3. The van der Waals surface area contributed by atoms with E-state index in [2.05, 4.69) is 33.1 Å². The number of allylic oxidation sites excluding steroid dienone is 3. The van der Waals surface area contributed by atoms with Crippen LogP contribution < -0.4 is 0 Å². The Bertz CT molecular complexity index is 672. The molecule has 4 rings (SSSR count). The molecular weight excluding hydrogens is 308 g/mol. The van der Waals surface area contributed by atoms with E-state index >= 15 is 0 Å². The molecule has 6 atom stereocenters. The number of carbonyl (C=O) groups excluding carboxylic acids is 1. The second-order valence-corrected chi connectivity index (χ2v) is 9.60. The summed E-state index contributed by atoms with van der Waals surface area (Å²) in [5.41, 5.74) is 4.85. The topological polar surface area (TPSA) is 26.3 Å². The van der Waals surface area contributed by atoms with E-state index < -0.39 is 0 Å². The van der Waals surface area contributed by atoms with Crippen LogP contribution in [-0.2, 0) is 9.53 Å². The first kappa shape index (κ1) is 17.1. The van der Waals surface area contributed by atoms with Gasteiger partial charge in [0, 0.05) is 13.3 Å². The van der Waals surface area contributed by atoms with Gasteiger partial charge in [0.25, 0.3) is 0 Å². The quantitative estimate of drug-likeness (QED) is 0.458. The highest BCUT2D eigenvalue weighted by molar-refractivity contribution is 5.66. The average molecular weight is 341 g/mol. The number of carbonyl (C=O) groups is 1. The van der Waals surface area contributed by atoms with Crippen molar-refractivity contribution in [1.29, 1.82) is 0 Å². The van der Waals surface area contributed by atoms with E-state index in [4.69, 9.17) is 4.74 Å². The Kier molecular flexibility index (Phi) is 3.83. The van der Waals surface area contributed by atoms with Gasteiger partial charge in [-0.3, -0.25) is 4.79 Å². The van der Waals surface area contributed by atoms with Gasteiger partial charge in [-0.05, 0) is 72.7 Å². The lowest BCUT2D eigenvalue weighted by Gasteiger charge is -2.57. The predicted octanol–water partition coefficient (Wildman–Crippen LogP) is 5.60. The summed E-state index contributed by atoms with van der Waals surface area (Å²) in [5, 5.41) is 0. The highest BCUT2D eigenvalue weighted by Gasteiger charge is 2.57. The van der Waals surface area contributed by atoms with E-state index in [9.17, 15) is 4.79 Å². The van der Waals surface area contributed by atoms with Gasteiger partial charge < -0.3 is 4.74 Å². The summed E-state index contributed by atoms with van der Waals surface area (Å²) in [4.78, 5) is 11.3. The molecule has 4 aliphatic rings. The molecule has 0 aliphatic heterocycles. The molecule has 0 bridgehead atoms. The standard InChI is InChI=1S/C23H32O2/c1-14-13-22(4)10-9-20-19(21(22)15(14)2)7-6-17-12-18(25-16(3)24)8-11-23(17,20)5/h6,18-21H,1-2,7-13H2,3-5H3/t18?,19-,20-,21+,22-,23+/m1/s1. The lowest BCUT2D eigenvalue weighted by Crippen LogP contribution is -2.49. The number of rotatable bonds is 1. The Morgan fingerprint density at radius 3 is 2.72 bits per heavy atom. The van der Waals surface area contributed by atoms with Crippen molar-refractivity contribution in [2.24, 2.45) is 28.6 Å². The van der Waals surface area contributed by atoms with E-state index in [-0.39, 0.29) is 17.5 Å². The molecule has 2 nitrogen and oxygen atoms in total. The number of esters is 1. The van der Waals surface area contributed by atoms with Gasteiger partial charge in [-0.2, -0.15) is 0 Å². The fraction of sp³-hybridized carbons (Fsp3) is 0.696. The van der Waals surface area contributed by atoms with E-state index in [0.717, 1.165) is 38.0 Å². The Hall–Kier alpha value is -1.31. The third-order valence-electron chi connectivity index (χ3n) is 8.12. The Balaban J connectivity index is 1.63. The smallest absolute Gasteiger partial charge is 0.302 e. The van der Waals surface area contributed by atoms with E-state index in [1.807, 2.05) is 0 Å². The summed E-state index contributed by atoms with van der Waals surface area (Å²) in [5.74, 6) is 1.92. The van der Waals surface area contributed by atoms with Gasteiger partial charge in [0.1, 0.15) is 6.10 Å². The number of fused-ring (bicyclic) bond motifs is 5. The van der Waals surface area contributed by atoms with Crippen LogP contribution in [0.5, 0.6) is 0 Å². The SMILES string of the molecule is C=C1C[C@@]2(C)CC[C@@H]3[C@@H](CC=C4CC(OC(C)=O)CC[C@@]43C)[C@@H]2C1=C. The zero-order valence-electron chi connectivity index (χ0n) is 16.1. The molecule has 2 heteroatoms. The summed E-state index contributed by atoms with van der Waals surface area (Å²) in [7, 11) is 0. The molecule has 3 fully saturated rings. The first-order valence-corrected chi connectivity index (χ1v) is 9.98. The average Bonchev–Trinajstić information content (AvgIpc) is 2.77. The summed E-state index contributed by atoms with van der Waals surface area (Å²) >= 11 is 0. The van der Waals surface area contributed by atoms with Crippen molar-refractivity contribution < 1.29 is 9.53 Å². The lowest BCUT2D eigenvalue weighted by atomic mass is 9.48. The Labute approximate surface area is 152 Å². The van der Waals surface area contributed by atoms with Gasteiger partial charge in [0.2, 0.25) is 0 Å². The van der Waals surface area contributed by atoms with Crippen LogP contribution in [0.4, 0.5) is 0 Å². The second-order valence-electron chi connectivity index (χ2n) is 9.60. The van der Waals surface area contributed by atoms with Crippen molar-refractivity contribution in [2.75, 3.05) is 0 Å². The molecule has 1 unspecified atom stereocenters. The van der Waals surface area contributed by atoms with Crippen molar-refractivity contribution in [2.45, 2.75) is 71.8 Å². The van der Waals surface area contributed by atoms with Crippen LogP contribution in [0.25, 0.3) is 0 Å². The Morgan fingerprint density at radius 2 is 2.00 bits per heavy atom. The molecular formula is C23H32O2. The number of hydrogen-bond donors (Lipinski definition) is 0. The molecule has 0 aromatic carbocycles. The minimum absolute atomic E-state index is 0.0865. The summed E-state index contributed by atoms with van der Waals surface area (Å²) in [6.07, 6.45) is 10.6. The van der Waals surface area contributed by atoms with Crippen molar-refractivity contribution in [3.8, 4) is 0 Å². The summed E-state index contributed by atoms with van der Waals surface area (Å²) in [6, 6.07) is 0. The number of ether oxygens (including phenoxy) is 1. The van der Waals surface area contributed by atoms with Crippen LogP contribution in [0.15, 0.2) is 36.0 Å². The molecule has 25 heavy (non-hydrogen) atoms. The molecule has 0 radical (unpaired) electrons. The number of hydrogen-bond acceptors (Lipinski definition) is 2. The monoisotopic (exact) mass is 340 g/mol. The van der Waals surface area contributed by atoms with Crippen LogP contribution in [0.2, 0.25) is 0 Å². The van der Waals surface area contributed by atoms with Crippen LogP contribution in [0.3, 0.4) is 0 Å². The normalized spacial score (nSPS) is 46.0. The Morgan fingerprint density at radius 1 is 1.24 bits per heavy atom. The minimum atomic E-state index is -0.142. The van der Waals surface area contributed by atoms with Gasteiger partial charge in [-0.25, -0.2) is 0 Å². The first-order valence-electron chi connectivity index (χ1n) is 9.98. The molecule has 0 aromatic rings. The van der Waals surface area contributed by atoms with E-state index in [1.54, 1.807) is 5.57 Å².